The number of hydrogen-bond acceptors (Lipinski definition) is 3. The Bertz CT molecular complexity index is 822. The van der Waals surface area contributed by atoms with Crippen molar-refractivity contribution in [2.45, 2.75) is 45.8 Å². The van der Waals surface area contributed by atoms with E-state index in [0.717, 1.165) is 42.8 Å². The Labute approximate surface area is 197 Å². The number of carbonyl (C=O) groups is 1. The highest BCUT2D eigenvalue weighted by Gasteiger charge is 2.27. The Kier molecular flexibility index (Phi) is 10.3. The van der Waals surface area contributed by atoms with Crippen molar-refractivity contribution in [3.63, 3.8) is 0 Å². The maximum absolute atomic E-state index is 13.3. The summed E-state index contributed by atoms with van der Waals surface area (Å²) in [6.45, 7) is 7.78. The molecule has 0 radical (unpaired) electrons. The van der Waals surface area contributed by atoms with Crippen molar-refractivity contribution in [1.82, 2.24) is 15.1 Å². The molecular weight excluding hydrogens is 429 g/mol. The van der Waals surface area contributed by atoms with Crippen LogP contribution in [0.4, 0.5) is 9.18 Å². The number of nitrogens with zero attached hydrogens (tertiary/aromatic N) is 2. The van der Waals surface area contributed by atoms with Crippen LogP contribution in [0.1, 0.15) is 37.8 Å². The molecule has 1 aliphatic heterocycles. The minimum atomic E-state index is -0.264. The summed E-state index contributed by atoms with van der Waals surface area (Å²) in [6.07, 6.45) is 1.88. The number of benzene rings is 2. The third-order valence-electron chi connectivity index (χ3n) is 5.61. The maximum Gasteiger partial charge on any atom is 0.318 e. The van der Waals surface area contributed by atoms with Gasteiger partial charge in [-0.05, 0) is 74.3 Å². The zero-order valence-corrected chi connectivity index (χ0v) is 20.0. The van der Waals surface area contributed by atoms with Gasteiger partial charge < -0.3 is 19.9 Å². The van der Waals surface area contributed by atoms with Gasteiger partial charge in [-0.25, -0.2) is 9.18 Å². The van der Waals surface area contributed by atoms with Gasteiger partial charge in [0.2, 0.25) is 0 Å². The van der Waals surface area contributed by atoms with Gasteiger partial charge in [0.1, 0.15) is 11.6 Å². The molecule has 0 spiro atoms. The van der Waals surface area contributed by atoms with Crippen molar-refractivity contribution in [3.8, 4) is 5.75 Å². The molecule has 5 nitrogen and oxygen atoms in total. The van der Waals surface area contributed by atoms with E-state index in [0.29, 0.717) is 25.6 Å². The van der Waals surface area contributed by atoms with Gasteiger partial charge in [-0.3, -0.25) is 0 Å². The first-order valence-electron chi connectivity index (χ1n) is 11.1. The van der Waals surface area contributed by atoms with Gasteiger partial charge in [0.05, 0.1) is 6.61 Å². The number of urea groups is 1. The monoisotopic (exact) mass is 463 g/mol. The van der Waals surface area contributed by atoms with Gasteiger partial charge in [-0.15, -0.1) is 12.4 Å². The predicted octanol–water partition coefficient (Wildman–Crippen LogP) is 5.09. The summed E-state index contributed by atoms with van der Waals surface area (Å²) in [5, 5.41) is 3.07. The van der Waals surface area contributed by atoms with Crippen LogP contribution in [0.5, 0.6) is 5.75 Å². The summed E-state index contributed by atoms with van der Waals surface area (Å²) in [4.78, 5) is 17.3. The van der Waals surface area contributed by atoms with Crippen LogP contribution in [-0.2, 0) is 13.1 Å². The first-order valence-corrected chi connectivity index (χ1v) is 11.1. The minimum absolute atomic E-state index is 0. The fraction of sp³-hybridized carbons (Fsp3) is 0.480. The van der Waals surface area contributed by atoms with Crippen molar-refractivity contribution in [1.29, 1.82) is 0 Å². The Balaban J connectivity index is 0.00000363. The molecule has 2 aromatic rings. The zero-order valence-electron chi connectivity index (χ0n) is 19.2. The van der Waals surface area contributed by atoms with Crippen LogP contribution in [0.25, 0.3) is 0 Å². The summed E-state index contributed by atoms with van der Waals surface area (Å²) >= 11 is 0. The number of hydrogen-bond donors (Lipinski definition) is 1. The molecular formula is C25H35ClFN3O2. The molecule has 1 aliphatic rings. The lowest BCUT2D eigenvalue weighted by atomic mass is 10.0. The van der Waals surface area contributed by atoms with E-state index in [4.69, 9.17) is 4.74 Å². The van der Waals surface area contributed by atoms with Crippen molar-refractivity contribution >= 4 is 18.4 Å². The number of likely N-dealkylation sites (tertiary alicyclic amines) is 1. The highest BCUT2D eigenvalue weighted by Crippen LogP contribution is 2.19. The molecule has 0 aromatic heterocycles. The molecule has 1 saturated heterocycles. The number of amides is 2. The standard InChI is InChI=1S/C25H34FN3O2.ClH/c1-19(2)18-31-24-10-6-20(7-11-24)16-27-25(30)29(23-12-14-28(3)15-13-23)17-21-4-8-22(26)9-5-21;/h4-11,19,23H,12-18H2,1-3H3,(H,27,30);1H. The average molecular weight is 464 g/mol. The van der Waals surface area contributed by atoms with E-state index in [9.17, 15) is 9.18 Å². The molecule has 2 aromatic carbocycles. The number of ether oxygens (including phenoxy) is 1. The lowest BCUT2D eigenvalue weighted by molar-refractivity contribution is 0.127. The quantitative estimate of drug-likeness (QED) is 0.593. The molecule has 7 heteroatoms. The fourth-order valence-corrected chi connectivity index (χ4v) is 3.71. The predicted molar refractivity (Wildman–Crippen MR) is 129 cm³/mol. The fourth-order valence-electron chi connectivity index (χ4n) is 3.71. The summed E-state index contributed by atoms with van der Waals surface area (Å²) in [7, 11) is 2.11. The van der Waals surface area contributed by atoms with Gasteiger partial charge in [0.25, 0.3) is 0 Å². The molecule has 0 bridgehead atoms. The molecule has 0 atom stereocenters. The normalized spacial score (nSPS) is 14.7. The van der Waals surface area contributed by atoms with E-state index in [-0.39, 0.29) is 30.3 Å². The third kappa shape index (κ3) is 7.99. The number of halogens is 2. The zero-order chi connectivity index (χ0) is 22.2. The summed E-state index contributed by atoms with van der Waals surface area (Å²) in [5.41, 5.74) is 1.96. The highest BCUT2D eigenvalue weighted by atomic mass is 35.5. The van der Waals surface area contributed by atoms with E-state index in [2.05, 4.69) is 31.1 Å². The van der Waals surface area contributed by atoms with E-state index >= 15 is 0 Å². The van der Waals surface area contributed by atoms with Crippen LogP contribution >= 0.6 is 12.4 Å². The van der Waals surface area contributed by atoms with E-state index in [1.165, 1.54) is 12.1 Å². The highest BCUT2D eigenvalue weighted by molar-refractivity contribution is 5.85. The largest absolute Gasteiger partial charge is 0.493 e. The first-order chi connectivity index (χ1) is 14.9. The van der Waals surface area contributed by atoms with Crippen molar-refractivity contribution in [3.05, 3.63) is 65.5 Å². The topological polar surface area (TPSA) is 44.8 Å². The SMILES string of the molecule is CC(C)COc1ccc(CNC(=O)N(Cc2ccc(F)cc2)C2CCN(C)CC2)cc1.Cl. The molecule has 0 saturated carbocycles. The first kappa shape index (κ1) is 25.9. The van der Waals surface area contributed by atoms with Crippen LogP contribution < -0.4 is 10.1 Å². The van der Waals surface area contributed by atoms with Gasteiger partial charge in [-0.1, -0.05) is 38.1 Å². The Morgan fingerprint density at radius 3 is 2.28 bits per heavy atom. The van der Waals surface area contributed by atoms with Crippen molar-refractivity contribution in [2.24, 2.45) is 5.92 Å². The smallest absolute Gasteiger partial charge is 0.318 e. The van der Waals surface area contributed by atoms with Crippen LogP contribution in [-0.4, -0.2) is 48.6 Å². The van der Waals surface area contributed by atoms with Gasteiger partial charge in [-0.2, -0.15) is 0 Å². The Morgan fingerprint density at radius 1 is 1.09 bits per heavy atom. The molecule has 32 heavy (non-hydrogen) atoms. The van der Waals surface area contributed by atoms with E-state index in [1.807, 2.05) is 29.2 Å². The average Bonchev–Trinajstić information content (AvgIpc) is 2.77. The van der Waals surface area contributed by atoms with E-state index in [1.54, 1.807) is 12.1 Å². The molecule has 1 N–H and O–H groups in total. The maximum atomic E-state index is 13.3. The van der Waals surface area contributed by atoms with Crippen LogP contribution in [0.15, 0.2) is 48.5 Å². The van der Waals surface area contributed by atoms with Crippen LogP contribution in [0.3, 0.4) is 0 Å². The molecule has 0 unspecified atom stereocenters. The van der Waals surface area contributed by atoms with E-state index < -0.39 is 0 Å². The minimum Gasteiger partial charge on any atom is -0.493 e. The second kappa shape index (κ2) is 12.7. The molecule has 1 fully saturated rings. The molecule has 0 aliphatic carbocycles. The van der Waals surface area contributed by atoms with Crippen LogP contribution in [0.2, 0.25) is 0 Å². The number of carbonyl (C=O) groups excluding carboxylic acids is 1. The van der Waals surface area contributed by atoms with Crippen molar-refractivity contribution in [2.75, 3.05) is 26.7 Å². The Hall–Kier alpha value is -2.31. The second-order valence-electron chi connectivity index (χ2n) is 8.80. The Morgan fingerprint density at radius 2 is 1.69 bits per heavy atom. The van der Waals surface area contributed by atoms with Crippen molar-refractivity contribution < 1.29 is 13.9 Å². The summed E-state index contributed by atoms with van der Waals surface area (Å²) in [6, 6.07) is 14.3. The molecule has 3 rings (SSSR count). The molecule has 176 valence electrons. The summed E-state index contributed by atoms with van der Waals surface area (Å²) < 4.78 is 19.0. The molecule has 1 heterocycles. The number of rotatable bonds is 8. The summed E-state index contributed by atoms with van der Waals surface area (Å²) in [5.74, 6) is 1.05. The van der Waals surface area contributed by atoms with Gasteiger partial charge in [0, 0.05) is 19.1 Å². The lowest BCUT2D eigenvalue weighted by Gasteiger charge is -2.37. The second-order valence-corrected chi connectivity index (χ2v) is 8.80. The van der Waals surface area contributed by atoms with Gasteiger partial charge >= 0.3 is 6.03 Å². The number of nitrogens with one attached hydrogen (secondary N) is 1. The number of piperidine rings is 1. The van der Waals surface area contributed by atoms with Crippen LogP contribution in [0, 0.1) is 11.7 Å². The third-order valence-corrected chi connectivity index (χ3v) is 5.61. The lowest BCUT2D eigenvalue weighted by Crippen LogP contribution is -2.49. The van der Waals surface area contributed by atoms with Gasteiger partial charge in [0.15, 0.2) is 0 Å². The molecule has 2 amide bonds.